The molecule has 2 aromatic carbocycles. The number of hydrogen-bond acceptors (Lipinski definition) is 3. The van der Waals surface area contributed by atoms with Gasteiger partial charge in [0.05, 0.1) is 0 Å². The highest BCUT2D eigenvalue weighted by Gasteiger charge is 2.25. The molecular weight excluding hydrogens is 340 g/mol. The van der Waals surface area contributed by atoms with E-state index in [4.69, 9.17) is 4.74 Å². The Balaban J connectivity index is 2.18. The smallest absolute Gasteiger partial charge is 0.408 e. The lowest BCUT2D eigenvalue weighted by Crippen LogP contribution is -2.47. The Bertz CT molecular complexity index is 795. The van der Waals surface area contributed by atoms with Crippen molar-refractivity contribution < 1.29 is 14.3 Å². The molecule has 0 radical (unpaired) electrons. The molecule has 0 spiro atoms. The number of aryl methyl sites for hydroxylation is 1. The van der Waals surface area contributed by atoms with Crippen molar-refractivity contribution in [1.29, 1.82) is 0 Å². The number of ether oxygens (including phenoxy) is 1. The molecule has 27 heavy (non-hydrogen) atoms. The first-order valence-corrected chi connectivity index (χ1v) is 9.06. The molecule has 2 amide bonds. The van der Waals surface area contributed by atoms with Crippen molar-refractivity contribution in [3.63, 3.8) is 0 Å². The molecular formula is C22H28N2O3. The minimum atomic E-state index is -0.748. The van der Waals surface area contributed by atoms with Gasteiger partial charge in [0, 0.05) is 12.1 Å². The molecule has 1 atom stereocenters. The Morgan fingerprint density at radius 1 is 1.00 bits per heavy atom. The van der Waals surface area contributed by atoms with Crippen molar-refractivity contribution in [2.75, 3.05) is 5.32 Å². The van der Waals surface area contributed by atoms with Crippen LogP contribution in [0.25, 0.3) is 0 Å². The van der Waals surface area contributed by atoms with Crippen LogP contribution in [0, 0.1) is 13.8 Å². The molecule has 2 rings (SSSR count). The largest absolute Gasteiger partial charge is 0.444 e. The zero-order valence-corrected chi connectivity index (χ0v) is 16.6. The number of rotatable bonds is 5. The van der Waals surface area contributed by atoms with Gasteiger partial charge in [0.25, 0.3) is 0 Å². The van der Waals surface area contributed by atoms with Gasteiger partial charge in [0.15, 0.2) is 0 Å². The molecule has 0 fully saturated rings. The van der Waals surface area contributed by atoms with Crippen LogP contribution in [0.15, 0.2) is 48.5 Å². The fourth-order valence-corrected chi connectivity index (χ4v) is 2.62. The monoisotopic (exact) mass is 368 g/mol. The fraction of sp³-hybridized carbons (Fsp3) is 0.364. The van der Waals surface area contributed by atoms with Crippen LogP contribution in [0.2, 0.25) is 0 Å². The topological polar surface area (TPSA) is 67.4 Å². The normalized spacial score (nSPS) is 12.2. The Morgan fingerprint density at radius 2 is 1.67 bits per heavy atom. The molecule has 5 nitrogen and oxygen atoms in total. The fourth-order valence-electron chi connectivity index (χ4n) is 2.62. The van der Waals surface area contributed by atoms with Gasteiger partial charge in [-0.1, -0.05) is 42.5 Å². The molecule has 144 valence electrons. The Morgan fingerprint density at radius 3 is 2.30 bits per heavy atom. The zero-order valence-electron chi connectivity index (χ0n) is 16.6. The minimum absolute atomic E-state index is 0.279. The second-order valence-corrected chi connectivity index (χ2v) is 7.63. The lowest BCUT2D eigenvalue weighted by molar-refractivity contribution is -0.118. The molecule has 0 saturated heterocycles. The maximum atomic E-state index is 12.9. The molecule has 0 heterocycles. The van der Waals surface area contributed by atoms with Gasteiger partial charge < -0.3 is 15.4 Å². The van der Waals surface area contributed by atoms with E-state index >= 15 is 0 Å². The van der Waals surface area contributed by atoms with Crippen molar-refractivity contribution in [3.05, 3.63) is 65.2 Å². The lowest BCUT2D eigenvalue weighted by Gasteiger charge is -2.24. The van der Waals surface area contributed by atoms with E-state index in [-0.39, 0.29) is 5.91 Å². The molecule has 1 unspecified atom stereocenters. The standard InChI is InChI=1S/C22H28N2O3/c1-15-10-9-13-18(16(15)2)23-20(25)19(14-17-11-7-6-8-12-17)24-21(26)27-22(3,4)5/h6-13,19H,14H2,1-5H3,(H,23,25)(H,24,26). The number of benzene rings is 2. The maximum absolute atomic E-state index is 12.9. The van der Waals surface area contributed by atoms with Crippen molar-refractivity contribution in [1.82, 2.24) is 5.32 Å². The number of alkyl carbamates (subject to hydrolysis) is 1. The van der Waals surface area contributed by atoms with Gasteiger partial charge >= 0.3 is 6.09 Å². The molecule has 0 bridgehead atoms. The van der Waals surface area contributed by atoms with E-state index in [2.05, 4.69) is 10.6 Å². The predicted octanol–water partition coefficient (Wildman–Crippen LogP) is 4.38. The average molecular weight is 368 g/mol. The summed E-state index contributed by atoms with van der Waals surface area (Å²) in [5, 5.41) is 5.63. The molecule has 2 aromatic rings. The second kappa shape index (κ2) is 8.71. The summed E-state index contributed by atoms with van der Waals surface area (Å²) in [4.78, 5) is 25.1. The van der Waals surface area contributed by atoms with Crippen molar-refractivity contribution in [3.8, 4) is 0 Å². The summed E-state index contributed by atoms with van der Waals surface area (Å²) in [6.07, 6.45) is -0.240. The highest BCUT2D eigenvalue weighted by molar-refractivity contribution is 5.97. The van der Waals surface area contributed by atoms with Crippen LogP contribution in [0.4, 0.5) is 10.5 Å². The quantitative estimate of drug-likeness (QED) is 0.823. The van der Waals surface area contributed by atoms with Gasteiger partial charge in [-0.2, -0.15) is 0 Å². The van der Waals surface area contributed by atoms with E-state index in [1.54, 1.807) is 20.8 Å². The SMILES string of the molecule is Cc1cccc(NC(=O)C(Cc2ccccc2)NC(=O)OC(C)(C)C)c1C. The molecule has 5 heteroatoms. The summed E-state index contributed by atoms with van der Waals surface area (Å²) in [5.41, 5.74) is 3.15. The third kappa shape index (κ3) is 6.44. The summed E-state index contributed by atoms with van der Waals surface area (Å²) in [6, 6.07) is 14.6. The second-order valence-electron chi connectivity index (χ2n) is 7.63. The Labute approximate surface area is 161 Å². The van der Waals surface area contributed by atoms with Crippen molar-refractivity contribution in [2.24, 2.45) is 0 Å². The summed E-state index contributed by atoms with van der Waals surface area (Å²) in [5.74, 6) is -0.279. The lowest BCUT2D eigenvalue weighted by atomic mass is 10.0. The molecule has 0 saturated carbocycles. The third-order valence-electron chi connectivity index (χ3n) is 4.15. The van der Waals surface area contributed by atoms with E-state index in [0.29, 0.717) is 6.42 Å². The van der Waals surface area contributed by atoms with Crippen LogP contribution in [0.1, 0.15) is 37.5 Å². The van der Waals surface area contributed by atoms with Gasteiger partial charge in [0.2, 0.25) is 5.91 Å². The zero-order chi connectivity index (χ0) is 20.0. The Hall–Kier alpha value is -2.82. The predicted molar refractivity (Wildman–Crippen MR) is 108 cm³/mol. The summed E-state index contributed by atoms with van der Waals surface area (Å²) in [6.45, 7) is 9.31. The number of anilines is 1. The van der Waals surface area contributed by atoms with Crippen LogP contribution in [-0.4, -0.2) is 23.6 Å². The number of carbonyl (C=O) groups is 2. The highest BCUT2D eigenvalue weighted by atomic mass is 16.6. The first kappa shape index (κ1) is 20.5. The van der Waals surface area contributed by atoms with E-state index in [1.165, 1.54) is 0 Å². The molecule has 0 aliphatic heterocycles. The van der Waals surface area contributed by atoms with Gasteiger partial charge in [-0.25, -0.2) is 4.79 Å². The van der Waals surface area contributed by atoms with Crippen molar-refractivity contribution >= 4 is 17.7 Å². The summed E-state index contributed by atoms with van der Waals surface area (Å²) >= 11 is 0. The number of carbonyl (C=O) groups excluding carboxylic acids is 2. The average Bonchev–Trinajstić information content (AvgIpc) is 2.57. The number of nitrogens with one attached hydrogen (secondary N) is 2. The third-order valence-corrected chi connectivity index (χ3v) is 4.15. The van der Waals surface area contributed by atoms with Crippen LogP contribution in [0.5, 0.6) is 0 Å². The Kier molecular flexibility index (Phi) is 6.61. The number of amides is 2. The number of hydrogen-bond donors (Lipinski definition) is 2. The van der Waals surface area contributed by atoms with Gasteiger partial charge in [-0.15, -0.1) is 0 Å². The van der Waals surface area contributed by atoms with Crippen LogP contribution < -0.4 is 10.6 Å². The molecule has 0 aliphatic rings. The highest BCUT2D eigenvalue weighted by Crippen LogP contribution is 2.18. The first-order valence-electron chi connectivity index (χ1n) is 9.06. The van der Waals surface area contributed by atoms with E-state index in [9.17, 15) is 9.59 Å². The van der Waals surface area contributed by atoms with Gasteiger partial charge in [-0.3, -0.25) is 4.79 Å². The summed E-state index contributed by atoms with van der Waals surface area (Å²) < 4.78 is 5.32. The van der Waals surface area contributed by atoms with Crippen LogP contribution >= 0.6 is 0 Å². The first-order chi connectivity index (χ1) is 12.7. The van der Waals surface area contributed by atoms with Gasteiger partial charge in [-0.05, 0) is 57.4 Å². The van der Waals surface area contributed by atoms with Crippen LogP contribution in [-0.2, 0) is 16.0 Å². The van der Waals surface area contributed by atoms with E-state index in [1.807, 2.05) is 62.4 Å². The molecule has 0 aliphatic carbocycles. The van der Waals surface area contributed by atoms with E-state index in [0.717, 1.165) is 22.4 Å². The van der Waals surface area contributed by atoms with Crippen molar-refractivity contribution in [2.45, 2.75) is 52.7 Å². The van der Waals surface area contributed by atoms with Gasteiger partial charge in [0.1, 0.15) is 11.6 Å². The molecule has 0 aromatic heterocycles. The molecule has 2 N–H and O–H groups in total. The van der Waals surface area contributed by atoms with Crippen LogP contribution in [0.3, 0.4) is 0 Å². The maximum Gasteiger partial charge on any atom is 0.408 e. The van der Waals surface area contributed by atoms with E-state index < -0.39 is 17.7 Å². The summed E-state index contributed by atoms with van der Waals surface area (Å²) in [7, 11) is 0. The minimum Gasteiger partial charge on any atom is -0.444 e.